The molecule has 0 heterocycles. The molecule has 0 radical (unpaired) electrons. The van der Waals surface area contributed by atoms with Crippen molar-refractivity contribution in [2.24, 2.45) is 5.41 Å². The highest BCUT2D eigenvalue weighted by molar-refractivity contribution is 7.80. The SMILES string of the molecule is COC(=O)C(CS)NC(=O)CC1(CNC(=O)OC(C)(C)C)CCCCC1. The van der Waals surface area contributed by atoms with E-state index in [0.717, 1.165) is 32.1 Å². The Kier molecular flexibility index (Phi) is 8.73. The maximum atomic E-state index is 12.5. The van der Waals surface area contributed by atoms with Crippen molar-refractivity contribution in [1.29, 1.82) is 0 Å². The number of nitrogens with one attached hydrogen (secondary N) is 2. The summed E-state index contributed by atoms with van der Waals surface area (Å²) in [5.74, 6) is -0.582. The molecular weight excluding hydrogens is 356 g/mol. The van der Waals surface area contributed by atoms with Crippen molar-refractivity contribution in [3.05, 3.63) is 0 Å². The minimum absolute atomic E-state index is 0.168. The molecule has 1 aliphatic rings. The van der Waals surface area contributed by atoms with Crippen LogP contribution in [0.1, 0.15) is 59.3 Å². The second-order valence-corrected chi connectivity index (χ2v) is 8.28. The van der Waals surface area contributed by atoms with Gasteiger partial charge in [0, 0.05) is 18.7 Å². The Morgan fingerprint density at radius 1 is 1.15 bits per heavy atom. The van der Waals surface area contributed by atoms with Crippen molar-refractivity contribution >= 4 is 30.6 Å². The number of carbonyl (C=O) groups is 3. The van der Waals surface area contributed by atoms with Gasteiger partial charge in [-0.05, 0) is 39.0 Å². The van der Waals surface area contributed by atoms with Crippen LogP contribution in [0.4, 0.5) is 4.79 Å². The van der Waals surface area contributed by atoms with Gasteiger partial charge in [0.25, 0.3) is 0 Å². The summed E-state index contributed by atoms with van der Waals surface area (Å²) < 4.78 is 9.95. The van der Waals surface area contributed by atoms with Crippen LogP contribution in [0.15, 0.2) is 0 Å². The smallest absolute Gasteiger partial charge is 0.407 e. The number of rotatable bonds is 7. The van der Waals surface area contributed by atoms with Crippen LogP contribution in [-0.2, 0) is 19.1 Å². The zero-order valence-corrected chi connectivity index (χ0v) is 17.1. The molecule has 0 aliphatic heterocycles. The predicted octanol–water partition coefficient (Wildman–Crippen LogP) is 2.44. The number of esters is 1. The lowest BCUT2D eigenvalue weighted by molar-refractivity contribution is -0.144. The first-order valence-electron chi connectivity index (χ1n) is 9.06. The highest BCUT2D eigenvalue weighted by atomic mass is 32.1. The van der Waals surface area contributed by atoms with Gasteiger partial charge in [0.2, 0.25) is 5.91 Å². The Balaban J connectivity index is 2.68. The van der Waals surface area contributed by atoms with Gasteiger partial charge in [-0.2, -0.15) is 12.6 Å². The molecule has 1 saturated carbocycles. The van der Waals surface area contributed by atoms with Gasteiger partial charge in [0.05, 0.1) is 7.11 Å². The molecular formula is C18H32N2O5S. The molecule has 2 N–H and O–H groups in total. The number of amides is 2. The lowest BCUT2D eigenvalue weighted by Gasteiger charge is -2.37. The van der Waals surface area contributed by atoms with Crippen LogP contribution in [0.2, 0.25) is 0 Å². The first kappa shape index (κ1) is 22.6. The second kappa shape index (κ2) is 10.0. The number of hydrogen-bond donors (Lipinski definition) is 3. The third-order valence-electron chi connectivity index (χ3n) is 4.46. The number of methoxy groups -OCH3 is 1. The molecule has 0 aromatic carbocycles. The van der Waals surface area contributed by atoms with Crippen molar-refractivity contribution < 1.29 is 23.9 Å². The Hall–Kier alpha value is -1.44. The summed E-state index contributed by atoms with van der Waals surface area (Å²) in [5, 5.41) is 5.49. The molecule has 1 rings (SSSR count). The Bertz CT molecular complexity index is 498. The third kappa shape index (κ3) is 7.85. The molecule has 1 aliphatic carbocycles. The molecule has 1 fully saturated rings. The average molecular weight is 389 g/mol. The number of thiol groups is 1. The molecule has 8 heteroatoms. The molecule has 1 atom stereocenters. The highest BCUT2D eigenvalue weighted by Crippen LogP contribution is 2.39. The zero-order chi connectivity index (χ0) is 19.8. The van der Waals surface area contributed by atoms with E-state index in [9.17, 15) is 14.4 Å². The topological polar surface area (TPSA) is 93.7 Å². The van der Waals surface area contributed by atoms with Crippen molar-refractivity contribution in [1.82, 2.24) is 10.6 Å². The van der Waals surface area contributed by atoms with E-state index in [-0.39, 0.29) is 23.5 Å². The van der Waals surface area contributed by atoms with Gasteiger partial charge in [-0.25, -0.2) is 9.59 Å². The normalized spacial score (nSPS) is 17.7. The van der Waals surface area contributed by atoms with E-state index in [1.165, 1.54) is 7.11 Å². The van der Waals surface area contributed by atoms with Crippen LogP contribution in [0, 0.1) is 5.41 Å². The van der Waals surface area contributed by atoms with Crippen molar-refractivity contribution in [2.75, 3.05) is 19.4 Å². The summed E-state index contributed by atoms with van der Waals surface area (Å²) in [4.78, 5) is 36.1. The Morgan fingerprint density at radius 3 is 2.27 bits per heavy atom. The van der Waals surface area contributed by atoms with Gasteiger partial charge in [-0.15, -0.1) is 0 Å². The van der Waals surface area contributed by atoms with Gasteiger partial charge in [-0.1, -0.05) is 19.3 Å². The first-order valence-corrected chi connectivity index (χ1v) is 9.69. The zero-order valence-electron chi connectivity index (χ0n) is 16.2. The van der Waals surface area contributed by atoms with Gasteiger partial charge in [0.1, 0.15) is 11.6 Å². The van der Waals surface area contributed by atoms with Gasteiger partial charge < -0.3 is 20.1 Å². The molecule has 1 unspecified atom stereocenters. The summed E-state index contributed by atoms with van der Waals surface area (Å²) in [6.45, 7) is 5.79. The monoisotopic (exact) mass is 388 g/mol. The van der Waals surface area contributed by atoms with E-state index in [4.69, 9.17) is 4.74 Å². The molecule has 0 bridgehead atoms. The molecule has 0 spiro atoms. The highest BCUT2D eigenvalue weighted by Gasteiger charge is 2.36. The molecule has 26 heavy (non-hydrogen) atoms. The Labute approximate surface area is 161 Å². The fourth-order valence-electron chi connectivity index (χ4n) is 3.20. The van der Waals surface area contributed by atoms with E-state index in [0.29, 0.717) is 6.54 Å². The molecule has 0 aromatic heterocycles. The summed E-state index contributed by atoms with van der Waals surface area (Å²) >= 11 is 4.09. The van der Waals surface area contributed by atoms with Gasteiger partial charge in [-0.3, -0.25) is 4.79 Å². The second-order valence-electron chi connectivity index (χ2n) is 7.92. The van der Waals surface area contributed by atoms with E-state index in [1.807, 2.05) is 0 Å². The van der Waals surface area contributed by atoms with Crippen molar-refractivity contribution in [3.63, 3.8) is 0 Å². The van der Waals surface area contributed by atoms with E-state index in [1.54, 1.807) is 20.8 Å². The minimum Gasteiger partial charge on any atom is -0.467 e. The summed E-state index contributed by atoms with van der Waals surface area (Å²) in [6.07, 6.45) is 4.60. The van der Waals surface area contributed by atoms with Gasteiger partial charge >= 0.3 is 12.1 Å². The third-order valence-corrected chi connectivity index (χ3v) is 4.83. The minimum atomic E-state index is -0.768. The molecule has 0 saturated heterocycles. The fourth-order valence-corrected chi connectivity index (χ4v) is 3.44. The maximum absolute atomic E-state index is 12.5. The van der Waals surface area contributed by atoms with Crippen molar-refractivity contribution in [3.8, 4) is 0 Å². The standard InChI is InChI=1S/C18H32N2O5S/c1-17(2,3)25-16(23)19-12-18(8-6-5-7-9-18)10-14(21)20-13(11-26)15(22)24-4/h13,26H,5-12H2,1-4H3,(H,19,23)(H,20,21). The quantitative estimate of drug-likeness (QED) is 0.460. The van der Waals surface area contributed by atoms with Crippen molar-refractivity contribution in [2.45, 2.75) is 70.9 Å². The molecule has 7 nitrogen and oxygen atoms in total. The van der Waals surface area contributed by atoms with E-state index < -0.39 is 23.7 Å². The lowest BCUT2D eigenvalue weighted by atomic mass is 9.71. The van der Waals surface area contributed by atoms with Crippen LogP contribution in [0.25, 0.3) is 0 Å². The lowest BCUT2D eigenvalue weighted by Crippen LogP contribution is -2.47. The maximum Gasteiger partial charge on any atom is 0.407 e. The van der Waals surface area contributed by atoms with E-state index >= 15 is 0 Å². The Morgan fingerprint density at radius 2 is 1.77 bits per heavy atom. The van der Waals surface area contributed by atoms with Gasteiger partial charge in [0.15, 0.2) is 0 Å². The molecule has 0 aromatic rings. The van der Waals surface area contributed by atoms with Crippen LogP contribution in [0.3, 0.4) is 0 Å². The first-order chi connectivity index (χ1) is 12.1. The largest absolute Gasteiger partial charge is 0.467 e. The molecule has 150 valence electrons. The number of alkyl carbamates (subject to hydrolysis) is 1. The summed E-state index contributed by atoms with van der Waals surface area (Å²) in [6, 6.07) is -0.768. The van der Waals surface area contributed by atoms with Crippen LogP contribution < -0.4 is 10.6 Å². The summed E-state index contributed by atoms with van der Waals surface area (Å²) in [5.41, 5.74) is -0.891. The van der Waals surface area contributed by atoms with Crippen LogP contribution >= 0.6 is 12.6 Å². The summed E-state index contributed by atoms with van der Waals surface area (Å²) in [7, 11) is 1.28. The van der Waals surface area contributed by atoms with Crippen LogP contribution in [0.5, 0.6) is 0 Å². The average Bonchev–Trinajstić information content (AvgIpc) is 2.56. The van der Waals surface area contributed by atoms with Crippen LogP contribution in [-0.4, -0.2) is 49.0 Å². The van der Waals surface area contributed by atoms with E-state index in [2.05, 4.69) is 28.0 Å². The predicted molar refractivity (Wildman–Crippen MR) is 102 cm³/mol. The number of ether oxygens (including phenoxy) is 2. The number of carbonyl (C=O) groups excluding carboxylic acids is 3. The number of hydrogen-bond acceptors (Lipinski definition) is 6. The molecule has 2 amide bonds. The fraction of sp³-hybridized carbons (Fsp3) is 0.833.